The number of nitrogens with zero attached hydrogens (tertiary/aromatic N) is 1. The van der Waals surface area contributed by atoms with Crippen LogP contribution in [0.4, 0.5) is 0 Å². The van der Waals surface area contributed by atoms with Crippen molar-refractivity contribution < 1.29 is 4.79 Å². The molecule has 0 aromatic heterocycles. The predicted molar refractivity (Wildman–Crippen MR) is 81.8 cm³/mol. The highest BCUT2D eigenvalue weighted by Crippen LogP contribution is 2.25. The highest BCUT2D eigenvalue weighted by molar-refractivity contribution is 8.00. The summed E-state index contributed by atoms with van der Waals surface area (Å²) in [6.07, 6.45) is 3.49. The molecule has 104 valence electrons. The van der Waals surface area contributed by atoms with E-state index in [9.17, 15) is 4.79 Å². The van der Waals surface area contributed by atoms with Gasteiger partial charge in [0.15, 0.2) is 0 Å². The van der Waals surface area contributed by atoms with E-state index in [1.165, 1.54) is 6.42 Å². The van der Waals surface area contributed by atoms with Crippen molar-refractivity contribution in [3.63, 3.8) is 0 Å². The zero-order valence-electron chi connectivity index (χ0n) is 11.4. The molecule has 1 aromatic carbocycles. The van der Waals surface area contributed by atoms with Gasteiger partial charge in [0.1, 0.15) is 0 Å². The maximum Gasteiger partial charge on any atom is 0.233 e. The van der Waals surface area contributed by atoms with Gasteiger partial charge >= 0.3 is 0 Å². The highest BCUT2D eigenvalue weighted by atomic mass is 35.5. The van der Waals surface area contributed by atoms with Crippen molar-refractivity contribution >= 4 is 29.3 Å². The predicted octanol–water partition coefficient (Wildman–Crippen LogP) is 4.22. The maximum absolute atomic E-state index is 12.3. The van der Waals surface area contributed by atoms with Crippen LogP contribution in [0.2, 0.25) is 5.02 Å². The van der Waals surface area contributed by atoms with Crippen LogP contribution in [0.5, 0.6) is 0 Å². The molecule has 1 saturated heterocycles. The fourth-order valence-corrected chi connectivity index (χ4v) is 3.56. The van der Waals surface area contributed by atoms with E-state index in [1.807, 2.05) is 24.3 Å². The minimum absolute atomic E-state index is 0.250. The van der Waals surface area contributed by atoms with Crippen LogP contribution in [0.15, 0.2) is 29.2 Å². The summed E-state index contributed by atoms with van der Waals surface area (Å²) in [6.45, 7) is 4.31. The van der Waals surface area contributed by atoms with Crippen molar-refractivity contribution in [3.05, 3.63) is 29.3 Å². The molecule has 1 amide bonds. The lowest BCUT2D eigenvalue weighted by Crippen LogP contribution is -2.48. The Hall–Kier alpha value is -0.670. The molecular formula is C15H20ClNOS. The number of hydrogen-bond acceptors (Lipinski definition) is 2. The van der Waals surface area contributed by atoms with Crippen LogP contribution < -0.4 is 0 Å². The second-order valence-electron chi connectivity index (χ2n) is 5.17. The summed E-state index contributed by atoms with van der Waals surface area (Å²) in [4.78, 5) is 15.5. The number of benzene rings is 1. The van der Waals surface area contributed by atoms with E-state index >= 15 is 0 Å². The highest BCUT2D eigenvalue weighted by Gasteiger charge is 2.28. The Kier molecular flexibility index (Phi) is 5.17. The van der Waals surface area contributed by atoms with E-state index in [1.54, 1.807) is 11.8 Å². The van der Waals surface area contributed by atoms with Gasteiger partial charge in [0.2, 0.25) is 5.91 Å². The molecule has 1 fully saturated rings. The van der Waals surface area contributed by atoms with Gasteiger partial charge in [0, 0.05) is 22.0 Å². The second-order valence-corrected chi connectivity index (χ2v) is 6.66. The minimum atomic E-state index is 0.250. The maximum atomic E-state index is 12.3. The first-order valence-electron chi connectivity index (χ1n) is 6.77. The number of hydrogen-bond donors (Lipinski definition) is 0. The van der Waals surface area contributed by atoms with Gasteiger partial charge in [-0.3, -0.25) is 4.79 Å². The third-order valence-corrected chi connectivity index (χ3v) is 4.91. The first-order valence-corrected chi connectivity index (χ1v) is 8.14. The molecule has 2 atom stereocenters. The number of carbonyl (C=O) groups excluding carboxylic acids is 1. The molecule has 0 bridgehead atoms. The second kappa shape index (κ2) is 6.67. The SMILES string of the molecule is C[C@@H]1CCC[C@H](C)N1C(=O)CSc1ccc(Cl)cc1. The lowest BCUT2D eigenvalue weighted by atomic mass is 9.98. The van der Waals surface area contributed by atoms with E-state index in [2.05, 4.69) is 18.7 Å². The number of rotatable bonds is 3. The molecule has 1 aliphatic rings. The summed E-state index contributed by atoms with van der Waals surface area (Å²) in [6, 6.07) is 8.40. The molecule has 0 N–H and O–H groups in total. The van der Waals surface area contributed by atoms with E-state index < -0.39 is 0 Å². The Morgan fingerprint density at radius 2 is 1.84 bits per heavy atom. The molecular weight excluding hydrogens is 278 g/mol. The van der Waals surface area contributed by atoms with Crippen LogP contribution in [0.1, 0.15) is 33.1 Å². The molecule has 4 heteroatoms. The average molecular weight is 298 g/mol. The first-order chi connectivity index (χ1) is 9.08. The third-order valence-electron chi connectivity index (χ3n) is 3.66. The van der Waals surface area contributed by atoms with Crippen molar-refractivity contribution in [2.75, 3.05) is 5.75 Å². The molecule has 19 heavy (non-hydrogen) atoms. The van der Waals surface area contributed by atoms with Gasteiger partial charge in [0.05, 0.1) is 5.75 Å². The first kappa shape index (κ1) is 14.7. The molecule has 0 saturated carbocycles. The Bertz CT molecular complexity index is 424. The van der Waals surface area contributed by atoms with Crippen molar-refractivity contribution in [2.24, 2.45) is 0 Å². The van der Waals surface area contributed by atoms with Gasteiger partial charge in [-0.2, -0.15) is 0 Å². The quantitative estimate of drug-likeness (QED) is 0.779. The zero-order valence-corrected chi connectivity index (χ0v) is 13.0. The Labute approximate surface area is 124 Å². The minimum Gasteiger partial charge on any atom is -0.337 e. The van der Waals surface area contributed by atoms with Crippen LogP contribution in [-0.2, 0) is 4.79 Å². The Morgan fingerprint density at radius 3 is 2.42 bits per heavy atom. The monoisotopic (exact) mass is 297 g/mol. The molecule has 0 spiro atoms. The third kappa shape index (κ3) is 3.90. The van der Waals surface area contributed by atoms with Crippen molar-refractivity contribution in [3.8, 4) is 0 Å². The van der Waals surface area contributed by atoms with Crippen molar-refractivity contribution in [1.82, 2.24) is 4.90 Å². The number of carbonyl (C=O) groups is 1. The lowest BCUT2D eigenvalue weighted by molar-refractivity contribution is -0.134. The van der Waals surface area contributed by atoms with E-state index in [4.69, 9.17) is 11.6 Å². The van der Waals surface area contributed by atoms with E-state index in [-0.39, 0.29) is 5.91 Å². The summed E-state index contributed by atoms with van der Waals surface area (Å²) in [5.41, 5.74) is 0. The molecule has 1 aromatic rings. The summed E-state index contributed by atoms with van der Waals surface area (Å²) in [5.74, 6) is 0.760. The van der Waals surface area contributed by atoms with E-state index in [0.29, 0.717) is 17.8 Å². The van der Waals surface area contributed by atoms with Crippen molar-refractivity contribution in [2.45, 2.75) is 50.1 Å². The molecule has 2 rings (SSSR count). The van der Waals surface area contributed by atoms with Crippen molar-refractivity contribution in [1.29, 1.82) is 0 Å². The summed E-state index contributed by atoms with van der Waals surface area (Å²) in [7, 11) is 0. The fraction of sp³-hybridized carbons (Fsp3) is 0.533. The lowest BCUT2D eigenvalue weighted by Gasteiger charge is -2.39. The Morgan fingerprint density at radius 1 is 1.26 bits per heavy atom. The number of halogens is 1. The largest absolute Gasteiger partial charge is 0.337 e. The standard InChI is InChI=1S/C15H20ClNOS/c1-11-4-3-5-12(2)17(11)15(18)10-19-14-8-6-13(16)7-9-14/h6-9,11-12H,3-5,10H2,1-2H3/t11-,12+. The molecule has 0 aliphatic carbocycles. The topological polar surface area (TPSA) is 20.3 Å². The summed E-state index contributed by atoms with van der Waals surface area (Å²) in [5, 5.41) is 0.731. The van der Waals surface area contributed by atoms with Crippen LogP contribution in [0.3, 0.4) is 0 Å². The van der Waals surface area contributed by atoms with E-state index in [0.717, 1.165) is 22.8 Å². The normalized spacial score (nSPS) is 23.4. The fourth-order valence-electron chi connectivity index (χ4n) is 2.66. The zero-order chi connectivity index (χ0) is 13.8. The van der Waals surface area contributed by atoms with Crippen LogP contribution in [-0.4, -0.2) is 28.6 Å². The van der Waals surface area contributed by atoms with Gasteiger partial charge < -0.3 is 4.90 Å². The molecule has 1 aliphatic heterocycles. The number of piperidine rings is 1. The van der Waals surface area contributed by atoms with Crippen LogP contribution in [0.25, 0.3) is 0 Å². The molecule has 2 nitrogen and oxygen atoms in total. The average Bonchev–Trinajstić information content (AvgIpc) is 2.38. The van der Waals surface area contributed by atoms with Gasteiger partial charge in [-0.1, -0.05) is 11.6 Å². The molecule has 0 radical (unpaired) electrons. The summed E-state index contributed by atoms with van der Waals surface area (Å²) >= 11 is 7.44. The van der Waals surface area contributed by atoms with Gasteiger partial charge in [-0.25, -0.2) is 0 Å². The van der Waals surface area contributed by atoms with Crippen LogP contribution in [0, 0.1) is 0 Å². The number of thioether (sulfide) groups is 1. The number of amides is 1. The van der Waals surface area contributed by atoms with Gasteiger partial charge in [0.25, 0.3) is 0 Å². The Balaban J connectivity index is 1.91. The molecule has 1 heterocycles. The van der Waals surface area contributed by atoms with Gasteiger partial charge in [-0.15, -0.1) is 11.8 Å². The van der Waals surface area contributed by atoms with Gasteiger partial charge in [-0.05, 0) is 57.4 Å². The molecule has 0 unspecified atom stereocenters. The number of likely N-dealkylation sites (tertiary alicyclic amines) is 1. The smallest absolute Gasteiger partial charge is 0.233 e. The summed E-state index contributed by atoms with van der Waals surface area (Å²) < 4.78 is 0. The van der Waals surface area contributed by atoms with Crippen LogP contribution >= 0.6 is 23.4 Å².